The average Bonchev–Trinajstić information content (AvgIpc) is 2.76. The van der Waals surface area contributed by atoms with Gasteiger partial charge in [-0.25, -0.2) is 0 Å². The first kappa shape index (κ1) is 34.1. The predicted molar refractivity (Wildman–Crippen MR) is 143 cm³/mol. The average molecular weight is 543 g/mol. The van der Waals surface area contributed by atoms with Gasteiger partial charge in [-0.15, -0.1) is 0 Å². The summed E-state index contributed by atoms with van der Waals surface area (Å²) in [4.78, 5) is 47.7. The molecule has 0 unspecified atom stereocenters. The first-order valence-electron chi connectivity index (χ1n) is 13.8. The van der Waals surface area contributed by atoms with E-state index < -0.39 is 23.8 Å². The van der Waals surface area contributed by atoms with Crippen molar-refractivity contribution in [3.05, 3.63) is 0 Å². The Kier molecular flexibility index (Phi) is 14.1. The van der Waals surface area contributed by atoms with Gasteiger partial charge >= 0.3 is 0 Å². The second kappa shape index (κ2) is 15.6. The predicted octanol–water partition coefficient (Wildman–Crippen LogP) is 3.53. The third kappa shape index (κ3) is 12.3. The van der Waals surface area contributed by atoms with E-state index in [1.807, 2.05) is 32.6 Å². The van der Waals surface area contributed by atoms with Crippen LogP contribution in [0.15, 0.2) is 0 Å². The summed E-state index contributed by atoms with van der Waals surface area (Å²) in [5, 5.41) is 2.84. The quantitative estimate of drug-likeness (QED) is 0.311. The lowest BCUT2D eigenvalue weighted by atomic mass is 10.0. The van der Waals surface area contributed by atoms with Crippen molar-refractivity contribution >= 4 is 24.4 Å². The van der Waals surface area contributed by atoms with Gasteiger partial charge < -0.3 is 38.8 Å². The molecule has 0 aromatic carbocycles. The van der Waals surface area contributed by atoms with Crippen molar-refractivity contribution in [2.24, 2.45) is 0 Å². The van der Waals surface area contributed by atoms with Crippen LogP contribution in [0, 0.1) is 0 Å². The highest BCUT2D eigenvalue weighted by Crippen LogP contribution is 2.29. The minimum absolute atomic E-state index is 0.0317. The number of aldehydes is 2. The van der Waals surface area contributed by atoms with Crippen LogP contribution in [-0.2, 0) is 38.1 Å². The van der Waals surface area contributed by atoms with Crippen LogP contribution in [0.5, 0.6) is 0 Å². The van der Waals surface area contributed by atoms with Crippen LogP contribution in [-0.4, -0.2) is 83.9 Å². The maximum atomic E-state index is 12.4. The van der Waals surface area contributed by atoms with Crippen molar-refractivity contribution in [3.8, 4) is 0 Å². The lowest BCUT2D eigenvalue weighted by molar-refractivity contribution is -0.291. The zero-order valence-corrected chi connectivity index (χ0v) is 24.8. The molecule has 2 amide bonds. The van der Waals surface area contributed by atoms with Crippen molar-refractivity contribution in [3.63, 3.8) is 0 Å². The minimum Gasteiger partial charge on any atom is -0.356 e. The molecule has 38 heavy (non-hydrogen) atoms. The van der Waals surface area contributed by atoms with E-state index in [-0.39, 0.29) is 48.9 Å². The fourth-order valence-electron chi connectivity index (χ4n) is 4.87. The fourth-order valence-corrected chi connectivity index (χ4v) is 4.87. The largest absolute Gasteiger partial charge is 0.356 e. The second-order valence-electron chi connectivity index (χ2n) is 11.4. The smallest absolute Gasteiger partial charge is 0.225 e. The van der Waals surface area contributed by atoms with Crippen molar-refractivity contribution in [1.29, 1.82) is 0 Å². The first-order valence-corrected chi connectivity index (χ1v) is 13.8. The van der Waals surface area contributed by atoms with Gasteiger partial charge in [-0.3, -0.25) is 9.59 Å². The van der Waals surface area contributed by atoms with Gasteiger partial charge in [-0.05, 0) is 61.8 Å². The van der Waals surface area contributed by atoms with Crippen LogP contribution >= 0.6 is 0 Å². The van der Waals surface area contributed by atoms with Crippen LogP contribution in [0.4, 0.5) is 0 Å². The fraction of sp³-hybridized carbons (Fsp3) is 0.857. The topological polar surface area (TPSA) is 120 Å². The Morgan fingerprint density at radius 2 is 1.29 bits per heavy atom. The van der Waals surface area contributed by atoms with Gasteiger partial charge in [0.15, 0.2) is 11.6 Å². The van der Waals surface area contributed by atoms with Crippen LogP contribution < -0.4 is 5.32 Å². The molecule has 0 aliphatic carbocycles. The van der Waals surface area contributed by atoms with Crippen LogP contribution in [0.3, 0.4) is 0 Å². The summed E-state index contributed by atoms with van der Waals surface area (Å²) in [6, 6.07) is 0.300. The van der Waals surface area contributed by atoms with E-state index in [2.05, 4.69) is 12.2 Å². The van der Waals surface area contributed by atoms with Crippen molar-refractivity contribution < 1.29 is 38.1 Å². The molecule has 1 N–H and O–H groups in total. The van der Waals surface area contributed by atoms with E-state index in [1.165, 1.54) is 0 Å². The van der Waals surface area contributed by atoms with Gasteiger partial charge in [0.1, 0.15) is 24.8 Å². The number of amides is 2. The van der Waals surface area contributed by atoms with Gasteiger partial charge in [-0.2, -0.15) is 0 Å². The second-order valence-corrected chi connectivity index (χ2v) is 11.4. The summed E-state index contributed by atoms with van der Waals surface area (Å²) in [6.45, 7) is 17.8. The molecule has 2 heterocycles. The molecule has 2 aliphatic heterocycles. The standard InChI is InChI=1S/C15H27NO4.C13H23NO4/c1-10(2)16(11(3)4)14(18)8-12-7-13(9-17)20-15(5,6)19-12;1-4-5-6-14-12(16)8-10-7-11(9-15)18-13(2,3)17-10/h9-13H,7-8H2,1-6H3;9-11H,4-8H2,1-3H3,(H,14,16)/t12-,13+;10-,11+/m11/s1. The zero-order chi connectivity index (χ0) is 29.1. The first-order chi connectivity index (χ1) is 17.6. The van der Waals surface area contributed by atoms with Gasteiger partial charge in [0.25, 0.3) is 0 Å². The molecular weight excluding hydrogens is 492 g/mol. The van der Waals surface area contributed by atoms with Gasteiger partial charge in [-0.1, -0.05) is 13.3 Å². The molecule has 0 aromatic heterocycles. The van der Waals surface area contributed by atoms with Gasteiger partial charge in [0.05, 0.1) is 25.0 Å². The van der Waals surface area contributed by atoms with E-state index in [1.54, 1.807) is 27.7 Å². The monoisotopic (exact) mass is 542 g/mol. The molecule has 0 radical (unpaired) electrons. The molecule has 4 atom stereocenters. The normalized spacial score (nSPS) is 26.2. The molecule has 0 spiro atoms. The highest BCUT2D eigenvalue weighted by atomic mass is 16.7. The Morgan fingerprint density at radius 3 is 1.68 bits per heavy atom. The molecule has 2 fully saturated rings. The summed E-state index contributed by atoms with van der Waals surface area (Å²) in [5.41, 5.74) is 0. The zero-order valence-electron chi connectivity index (χ0n) is 24.8. The molecule has 2 aliphatic rings. The van der Waals surface area contributed by atoms with E-state index in [0.29, 0.717) is 19.4 Å². The Hall–Kier alpha value is -1.88. The van der Waals surface area contributed by atoms with E-state index in [4.69, 9.17) is 18.9 Å². The summed E-state index contributed by atoms with van der Waals surface area (Å²) >= 11 is 0. The number of nitrogens with one attached hydrogen (secondary N) is 1. The van der Waals surface area contributed by atoms with Crippen LogP contribution in [0.25, 0.3) is 0 Å². The van der Waals surface area contributed by atoms with E-state index >= 15 is 0 Å². The van der Waals surface area contributed by atoms with Gasteiger partial charge in [0.2, 0.25) is 11.8 Å². The SMILES string of the molecule is CC(C)N(C(=O)C[C@H]1C[C@@H](C=O)OC(C)(C)O1)C(C)C.CCCCNC(=O)C[C@H]1C[C@@H](C=O)OC(C)(C)O1. The van der Waals surface area contributed by atoms with Crippen molar-refractivity contribution in [2.45, 2.75) is 149 Å². The molecule has 0 saturated carbocycles. The molecular formula is C28H50N2O8. The lowest BCUT2D eigenvalue weighted by Gasteiger charge is -2.40. The lowest BCUT2D eigenvalue weighted by Crippen LogP contribution is -2.48. The minimum atomic E-state index is -0.824. The number of unbranched alkanes of at least 4 members (excludes halogenated alkanes) is 1. The van der Waals surface area contributed by atoms with Crippen molar-refractivity contribution in [2.75, 3.05) is 6.54 Å². The van der Waals surface area contributed by atoms with Crippen LogP contribution in [0.1, 0.15) is 101 Å². The molecule has 10 heteroatoms. The number of hydrogen-bond donors (Lipinski definition) is 1. The molecule has 0 aromatic rings. The molecule has 0 bridgehead atoms. The highest BCUT2D eigenvalue weighted by molar-refractivity contribution is 5.77. The number of hydrogen-bond acceptors (Lipinski definition) is 8. The number of rotatable bonds is 11. The highest BCUT2D eigenvalue weighted by Gasteiger charge is 2.38. The number of carbonyl (C=O) groups is 4. The number of nitrogens with zero attached hydrogens (tertiary/aromatic N) is 1. The van der Waals surface area contributed by atoms with Crippen molar-refractivity contribution in [1.82, 2.24) is 10.2 Å². The Morgan fingerprint density at radius 1 is 0.842 bits per heavy atom. The Bertz CT molecular complexity index is 760. The van der Waals surface area contributed by atoms with E-state index in [9.17, 15) is 19.2 Å². The summed E-state index contributed by atoms with van der Waals surface area (Å²) in [6.07, 6.45) is 3.50. The molecule has 2 rings (SSSR count). The molecule has 220 valence electrons. The summed E-state index contributed by atoms with van der Waals surface area (Å²) in [5.74, 6) is -1.61. The van der Waals surface area contributed by atoms with Crippen LogP contribution in [0.2, 0.25) is 0 Å². The third-order valence-electron chi connectivity index (χ3n) is 6.13. The maximum Gasteiger partial charge on any atom is 0.225 e. The molecule has 10 nitrogen and oxygen atoms in total. The Labute approximate surface area is 228 Å². The number of ether oxygens (including phenoxy) is 4. The Balaban J connectivity index is 0.000000382. The third-order valence-corrected chi connectivity index (χ3v) is 6.13. The summed E-state index contributed by atoms with van der Waals surface area (Å²) < 4.78 is 22.3. The summed E-state index contributed by atoms with van der Waals surface area (Å²) in [7, 11) is 0. The number of carbonyl (C=O) groups excluding carboxylic acids is 4. The van der Waals surface area contributed by atoms with Gasteiger partial charge in [0, 0.05) is 31.5 Å². The maximum absolute atomic E-state index is 12.4. The van der Waals surface area contributed by atoms with E-state index in [0.717, 1.165) is 25.4 Å². The molecule has 2 saturated heterocycles.